The zero-order valence-corrected chi connectivity index (χ0v) is 11.4. The van der Waals surface area contributed by atoms with E-state index in [0.29, 0.717) is 17.4 Å². The van der Waals surface area contributed by atoms with E-state index in [1.165, 1.54) is 6.33 Å². The number of nitrogens with one attached hydrogen (secondary N) is 2. The molecule has 0 radical (unpaired) electrons. The second-order valence-corrected chi connectivity index (χ2v) is 4.48. The Hall–Kier alpha value is -2.07. The SMILES string of the molecule is C=CCNc1cc(Nc2cc(Cl)ccc2C)ncn1. The van der Waals surface area contributed by atoms with Crippen molar-refractivity contribution in [2.75, 3.05) is 17.2 Å². The Morgan fingerprint density at radius 1 is 1.26 bits per heavy atom. The Morgan fingerprint density at radius 2 is 2.05 bits per heavy atom. The van der Waals surface area contributed by atoms with Gasteiger partial charge in [-0.1, -0.05) is 23.7 Å². The summed E-state index contributed by atoms with van der Waals surface area (Å²) in [6.45, 7) is 6.32. The van der Waals surface area contributed by atoms with Crippen LogP contribution in [-0.2, 0) is 0 Å². The van der Waals surface area contributed by atoms with E-state index in [-0.39, 0.29) is 0 Å². The first-order valence-electron chi connectivity index (χ1n) is 5.89. The number of aromatic nitrogens is 2. The molecule has 0 fully saturated rings. The topological polar surface area (TPSA) is 49.8 Å². The molecule has 0 spiro atoms. The van der Waals surface area contributed by atoms with E-state index in [0.717, 1.165) is 17.1 Å². The molecule has 2 aromatic rings. The maximum absolute atomic E-state index is 5.99. The lowest BCUT2D eigenvalue weighted by Gasteiger charge is -2.10. The van der Waals surface area contributed by atoms with Gasteiger partial charge in [0.1, 0.15) is 18.0 Å². The summed E-state index contributed by atoms with van der Waals surface area (Å²) in [5, 5.41) is 7.03. The molecule has 2 N–H and O–H groups in total. The van der Waals surface area contributed by atoms with Crippen molar-refractivity contribution in [2.45, 2.75) is 6.92 Å². The molecule has 1 aromatic carbocycles. The van der Waals surface area contributed by atoms with E-state index in [9.17, 15) is 0 Å². The molecule has 0 saturated carbocycles. The molecule has 19 heavy (non-hydrogen) atoms. The zero-order chi connectivity index (χ0) is 13.7. The van der Waals surface area contributed by atoms with Crippen molar-refractivity contribution >= 4 is 28.9 Å². The number of halogens is 1. The molecule has 0 amide bonds. The van der Waals surface area contributed by atoms with Crippen LogP contribution in [0.2, 0.25) is 5.02 Å². The molecule has 0 atom stereocenters. The summed E-state index contributed by atoms with van der Waals surface area (Å²) in [7, 11) is 0. The molecule has 0 unspecified atom stereocenters. The van der Waals surface area contributed by atoms with Crippen LogP contribution in [0.3, 0.4) is 0 Å². The van der Waals surface area contributed by atoms with Crippen molar-refractivity contribution in [3.63, 3.8) is 0 Å². The quantitative estimate of drug-likeness (QED) is 0.815. The van der Waals surface area contributed by atoms with Crippen molar-refractivity contribution < 1.29 is 0 Å². The Morgan fingerprint density at radius 3 is 2.84 bits per heavy atom. The van der Waals surface area contributed by atoms with Gasteiger partial charge in [0.15, 0.2) is 0 Å². The summed E-state index contributed by atoms with van der Waals surface area (Å²) in [5.41, 5.74) is 2.03. The van der Waals surface area contributed by atoms with Crippen LogP contribution >= 0.6 is 11.6 Å². The van der Waals surface area contributed by atoms with Crippen molar-refractivity contribution in [1.82, 2.24) is 9.97 Å². The highest BCUT2D eigenvalue weighted by Crippen LogP contribution is 2.23. The average molecular weight is 275 g/mol. The number of nitrogens with zero attached hydrogens (tertiary/aromatic N) is 2. The molecule has 1 heterocycles. The molecule has 5 heteroatoms. The summed E-state index contributed by atoms with van der Waals surface area (Å²) < 4.78 is 0. The van der Waals surface area contributed by atoms with Crippen LogP contribution in [0.25, 0.3) is 0 Å². The number of hydrogen-bond donors (Lipinski definition) is 2. The highest BCUT2D eigenvalue weighted by atomic mass is 35.5. The van der Waals surface area contributed by atoms with E-state index < -0.39 is 0 Å². The first-order chi connectivity index (χ1) is 9.19. The van der Waals surface area contributed by atoms with Crippen LogP contribution in [0.5, 0.6) is 0 Å². The van der Waals surface area contributed by atoms with E-state index >= 15 is 0 Å². The summed E-state index contributed by atoms with van der Waals surface area (Å²) >= 11 is 5.99. The lowest BCUT2D eigenvalue weighted by Crippen LogP contribution is -2.02. The fourth-order valence-electron chi connectivity index (χ4n) is 1.57. The van der Waals surface area contributed by atoms with Gasteiger partial charge in [-0.15, -0.1) is 6.58 Å². The minimum atomic E-state index is 0.659. The smallest absolute Gasteiger partial charge is 0.135 e. The Balaban J connectivity index is 2.18. The molecule has 0 saturated heterocycles. The third kappa shape index (κ3) is 3.69. The van der Waals surface area contributed by atoms with Gasteiger partial charge in [-0.25, -0.2) is 9.97 Å². The van der Waals surface area contributed by atoms with E-state index in [4.69, 9.17) is 11.6 Å². The van der Waals surface area contributed by atoms with Crippen LogP contribution in [0.1, 0.15) is 5.56 Å². The molecule has 0 bridgehead atoms. The van der Waals surface area contributed by atoms with E-state index in [2.05, 4.69) is 27.2 Å². The van der Waals surface area contributed by atoms with Crippen LogP contribution in [0.15, 0.2) is 43.2 Å². The highest BCUT2D eigenvalue weighted by Gasteiger charge is 2.02. The van der Waals surface area contributed by atoms with Crippen LogP contribution < -0.4 is 10.6 Å². The fraction of sp³-hybridized carbons (Fsp3) is 0.143. The molecule has 1 aromatic heterocycles. The molecule has 0 aliphatic rings. The molecule has 0 aliphatic carbocycles. The van der Waals surface area contributed by atoms with Gasteiger partial charge in [-0.05, 0) is 24.6 Å². The molecule has 2 rings (SSSR count). The molecule has 4 nitrogen and oxygen atoms in total. The van der Waals surface area contributed by atoms with Gasteiger partial charge < -0.3 is 10.6 Å². The lowest BCUT2D eigenvalue weighted by atomic mass is 10.2. The Labute approximate surface area is 117 Å². The normalized spacial score (nSPS) is 10.0. The maximum Gasteiger partial charge on any atom is 0.135 e. The summed E-state index contributed by atoms with van der Waals surface area (Å²) in [5.74, 6) is 1.46. The Kier molecular flexibility index (Phi) is 4.36. The van der Waals surface area contributed by atoms with E-state index in [1.54, 1.807) is 6.08 Å². The van der Waals surface area contributed by atoms with Crippen molar-refractivity contribution in [1.29, 1.82) is 0 Å². The van der Waals surface area contributed by atoms with Crippen LogP contribution in [-0.4, -0.2) is 16.5 Å². The Bertz CT molecular complexity index is 583. The maximum atomic E-state index is 5.99. The van der Waals surface area contributed by atoms with Gasteiger partial charge in [-0.3, -0.25) is 0 Å². The van der Waals surface area contributed by atoms with Gasteiger partial charge in [0.25, 0.3) is 0 Å². The summed E-state index contributed by atoms with van der Waals surface area (Å²) in [6, 6.07) is 7.53. The average Bonchev–Trinajstić information content (AvgIpc) is 2.41. The molecule has 98 valence electrons. The summed E-state index contributed by atoms with van der Waals surface area (Å²) in [4.78, 5) is 8.30. The lowest BCUT2D eigenvalue weighted by molar-refractivity contribution is 1.14. The zero-order valence-electron chi connectivity index (χ0n) is 10.7. The molecular weight excluding hydrogens is 260 g/mol. The van der Waals surface area contributed by atoms with E-state index in [1.807, 2.05) is 31.2 Å². The van der Waals surface area contributed by atoms with Crippen LogP contribution in [0.4, 0.5) is 17.3 Å². The van der Waals surface area contributed by atoms with Gasteiger partial charge in [0.2, 0.25) is 0 Å². The number of hydrogen-bond acceptors (Lipinski definition) is 4. The number of benzene rings is 1. The van der Waals surface area contributed by atoms with Crippen molar-refractivity contribution in [3.05, 3.63) is 53.8 Å². The van der Waals surface area contributed by atoms with Crippen molar-refractivity contribution in [3.8, 4) is 0 Å². The third-order valence-corrected chi connectivity index (χ3v) is 2.79. The minimum absolute atomic E-state index is 0.659. The first kappa shape index (κ1) is 13.4. The minimum Gasteiger partial charge on any atom is -0.366 e. The summed E-state index contributed by atoms with van der Waals surface area (Å²) in [6.07, 6.45) is 3.28. The largest absolute Gasteiger partial charge is 0.366 e. The predicted molar refractivity (Wildman–Crippen MR) is 80.2 cm³/mol. The standard InChI is InChI=1S/C14H15ClN4/c1-3-6-16-13-8-14(18-9-17-13)19-12-7-11(15)5-4-10(12)2/h3-5,7-9H,1,6H2,2H3,(H2,16,17,18,19). The van der Waals surface area contributed by atoms with Gasteiger partial charge in [-0.2, -0.15) is 0 Å². The predicted octanol–water partition coefficient (Wildman–Crippen LogP) is 3.78. The number of rotatable bonds is 5. The molecule has 0 aliphatic heterocycles. The fourth-order valence-corrected chi connectivity index (χ4v) is 1.74. The van der Waals surface area contributed by atoms with Gasteiger partial charge in [0, 0.05) is 23.3 Å². The highest BCUT2D eigenvalue weighted by molar-refractivity contribution is 6.30. The second kappa shape index (κ2) is 6.20. The monoisotopic (exact) mass is 274 g/mol. The van der Waals surface area contributed by atoms with Crippen LogP contribution in [0, 0.1) is 6.92 Å². The van der Waals surface area contributed by atoms with Gasteiger partial charge in [0.05, 0.1) is 0 Å². The first-order valence-corrected chi connectivity index (χ1v) is 6.27. The number of anilines is 3. The van der Waals surface area contributed by atoms with Gasteiger partial charge >= 0.3 is 0 Å². The van der Waals surface area contributed by atoms with Crippen molar-refractivity contribution in [2.24, 2.45) is 0 Å². The number of aryl methyl sites for hydroxylation is 1. The third-order valence-electron chi connectivity index (χ3n) is 2.56. The molecular formula is C14H15ClN4. The second-order valence-electron chi connectivity index (χ2n) is 4.04.